The van der Waals surface area contributed by atoms with Gasteiger partial charge in [0, 0.05) is 107 Å². The molecule has 0 aromatic rings. The van der Waals surface area contributed by atoms with Crippen LogP contribution >= 0.6 is 0 Å². The van der Waals surface area contributed by atoms with Crippen LogP contribution in [-0.2, 0) is 71.9 Å². The average molecular weight is 1610 g/mol. The number of hydrogen-bond acceptors (Lipinski definition) is 20. The normalized spacial score (nSPS) is 13.6. The highest BCUT2D eigenvalue weighted by molar-refractivity contribution is 5.94. The van der Waals surface area contributed by atoms with E-state index in [1.165, 1.54) is 13.8 Å². The van der Waals surface area contributed by atoms with Crippen molar-refractivity contribution in [3.05, 3.63) is 0 Å². The predicted molar refractivity (Wildman–Crippen MR) is 439 cm³/mol. The number of ketones is 5. The van der Waals surface area contributed by atoms with Crippen molar-refractivity contribution in [1.29, 1.82) is 0 Å². The maximum atomic E-state index is 13.7. The third kappa shape index (κ3) is 61.0. The second-order valence-electron chi connectivity index (χ2n) is 31.8. The largest absolute Gasteiger partial charge is 0.481 e. The average Bonchev–Trinajstić information content (AvgIpc) is 0.857. The molecule has 113 heavy (non-hydrogen) atoms. The second kappa shape index (κ2) is 67.1. The van der Waals surface area contributed by atoms with E-state index in [4.69, 9.17) is 38.9 Å². The van der Waals surface area contributed by atoms with Crippen LogP contribution in [-0.4, -0.2) is 176 Å². The van der Waals surface area contributed by atoms with Gasteiger partial charge in [-0.1, -0.05) is 141 Å². The van der Waals surface area contributed by atoms with Gasteiger partial charge in [0.05, 0.1) is 41.5 Å². The van der Waals surface area contributed by atoms with Crippen molar-refractivity contribution >= 4 is 88.3 Å². The van der Waals surface area contributed by atoms with Gasteiger partial charge >= 0.3 is 29.8 Å². The number of nitrogens with two attached hydrogens (primary N) is 5. The van der Waals surface area contributed by atoms with E-state index in [0.717, 1.165) is 103 Å². The van der Waals surface area contributed by atoms with Crippen molar-refractivity contribution in [2.24, 2.45) is 46.4 Å². The van der Waals surface area contributed by atoms with E-state index in [1.807, 2.05) is 0 Å². The number of carboxylic acids is 5. The van der Waals surface area contributed by atoms with Gasteiger partial charge in [0.25, 0.3) is 0 Å². The summed E-state index contributed by atoms with van der Waals surface area (Å²) in [4.78, 5) is 185. The molecule has 0 aliphatic rings. The summed E-state index contributed by atoms with van der Waals surface area (Å²) in [6, 6.07) is -4.19. The summed E-state index contributed by atoms with van der Waals surface area (Å²) in [6.45, 7) is 4.20. The van der Waals surface area contributed by atoms with Crippen molar-refractivity contribution in [3.63, 3.8) is 0 Å². The number of unbranched alkanes of at least 4 members (excludes halogenated alkanes) is 26. The van der Waals surface area contributed by atoms with Crippen molar-refractivity contribution in [2.75, 3.05) is 26.2 Å². The first-order valence-electron chi connectivity index (χ1n) is 42.7. The summed E-state index contributed by atoms with van der Waals surface area (Å²) in [5, 5.41) is 60.6. The van der Waals surface area contributed by atoms with Gasteiger partial charge < -0.3 is 80.8 Å². The van der Waals surface area contributed by atoms with Crippen LogP contribution in [0.2, 0.25) is 0 Å². The van der Waals surface area contributed by atoms with Crippen molar-refractivity contribution < 1.29 is 102 Å². The molecular weight excluding hydrogens is 1460 g/mol. The molecule has 0 spiro atoms. The zero-order chi connectivity index (χ0) is 84.6. The van der Waals surface area contributed by atoms with Crippen LogP contribution in [0.4, 0.5) is 0 Å². The lowest BCUT2D eigenvalue weighted by Gasteiger charge is -2.23. The molecular formula is C83H154N10O20. The lowest BCUT2D eigenvalue weighted by Crippen LogP contribution is -2.43. The first kappa shape index (κ1) is 106. The number of hydrogen-bond donors (Lipinski definition) is 15. The third-order valence-corrected chi connectivity index (χ3v) is 20.8. The molecule has 0 fully saturated rings. The fourth-order valence-electron chi connectivity index (χ4n) is 13.3. The molecule has 0 aromatic heterocycles. The Hall–Kier alpha value is -7.15. The van der Waals surface area contributed by atoms with Crippen molar-refractivity contribution in [1.82, 2.24) is 26.6 Å². The molecule has 0 unspecified atom stereocenters. The number of rotatable bonds is 80. The number of amides is 5. The van der Waals surface area contributed by atoms with Crippen LogP contribution in [0, 0.1) is 17.8 Å². The molecule has 0 radical (unpaired) electrons. The molecule has 30 heteroatoms. The van der Waals surface area contributed by atoms with Gasteiger partial charge in [-0.25, -0.2) is 4.79 Å². The van der Waals surface area contributed by atoms with Crippen molar-refractivity contribution in [2.45, 2.75) is 390 Å². The number of Topliss-reactive ketones (excluding diaryl/α,β-unsaturated/α-hetero) is 5. The Balaban J connectivity index is -0.0000209. The third-order valence-electron chi connectivity index (χ3n) is 20.8. The minimum absolute atomic E-state index is 0. The number of carbonyl (C=O) groups is 15. The SMILES string of the molecule is CC(C)(N)C(=O)C[C@@H](CCCCNC(=O)[C@@H](N)CCCCCC(=O)[C@@H](N)CCCCNC(=O)CC[C@H](CC(=O)CCCCCCCCCCCCC(=O)O)C(=O)O)C(=O)C[C@@H](CCCCNC(=O)[C@@H](N)CCCCNC(=O)[C@@H](N)CCCCCC(=O)CC[C@H](NC(=O)CCCCCCCCCCCCC(=O)O)C(=O)O)C(=O)O.[HH].[HH].[HH]. The molecule has 0 heterocycles. The molecule has 30 nitrogen and oxygen atoms in total. The Kier molecular flexibility index (Phi) is 62.8. The number of nitrogens with one attached hydrogen (secondary N) is 5. The number of aliphatic carboxylic acids is 5. The summed E-state index contributed by atoms with van der Waals surface area (Å²) in [5.74, 6) is -10.5. The van der Waals surface area contributed by atoms with E-state index in [1.54, 1.807) is 0 Å². The van der Waals surface area contributed by atoms with Gasteiger partial charge in [0.2, 0.25) is 29.5 Å². The van der Waals surface area contributed by atoms with Gasteiger partial charge in [-0.05, 0) is 142 Å². The fraction of sp³-hybridized carbons (Fsp3) is 0.819. The van der Waals surface area contributed by atoms with Gasteiger partial charge in [-0.2, -0.15) is 0 Å². The van der Waals surface area contributed by atoms with E-state index in [0.29, 0.717) is 161 Å². The van der Waals surface area contributed by atoms with Crippen LogP contribution < -0.4 is 55.3 Å². The Morgan fingerprint density at radius 3 is 1.04 bits per heavy atom. The standard InChI is InChI=1S/C83H148N10O20.3H2/c1-83(2,88)72(98)59-60(37-29-33-54-90-77(105)67(86)43-24-20-25-45-70(96)65(84)41-31-35-53-89-73(99)52-49-62(81(110)111)57-64(95)40-21-15-11-7-3-5-9-13-17-27-47-75(101)102)71(97)58-61(80(108)109)38-30-34-55-91-79(107)68(87)44-32-36-56-92-78(106)66(85)42-23-19-22-39-63(94)50-51-69(82(112)113)93-74(100)46-26-16-12-8-4-6-10-14-18-28-48-76(103)104;;;/h60-62,65-69H,3-59,84-88H2,1-2H3,(H,89,99)(H,90,105)(H,91,107)(H,92,106)(H,93,100)(H,101,102)(H,103,104)(H,108,109)(H,110,111)(H,112,113);3*1H/t60-,61-,62-,65+,66+,67+,68+,69+;;;/m1.../s1. The Bertz CT molecular complexity index is 2810. The summed E-state index contributed by atoms with van der Waals surface area (Å²) in [7, 11) is 0. The summed E-state index contributed by atoms with van der Waals surface area (Å²) < 4.78 is 0. The zero-order valence-corrected chi connectivity index (χ0v) is 68.7. The van der Waals surface area contributed by atoms with Crippen LogP contribution in [0.15, 0.2) is 0 Å². The lowest BCUT2D eigenvalue weighted by atomic mass is 9.83. The molecule has 20 N–H and O–H groups in total. The van der Waals surface area contributed by atoms with Gasteiger partial charge in [0.15, 0.2) is 5.78 Å². The molecule has 0 saturated heterocycles. The first-order valence-corrected chi connectivity index (χ1v) is 42.7. The molecule has 5 amide bonds. The van der Waals surface area contributed by atoms with Crippen molar-refractivity contribution in [3.8, 4) is 0 Å². The minimum Gasteiger partial charge on any atom is -0.481 e. The van der Waals surface area contributed by atoms with E-state index < -0.39 is 83.3 Å². The molecule has 8 atom stereocenters. The van der Waals surface area contributed by atoms with E-state index in [-0.39, 0.29) is 166 Å². The highest BCUT2D eigenvalue weighted by Gasteiger charge is 2.32. The Morgan fingerprint density at radius 2 is 0.628 bits per heavy atom. The monoisotopic (exact) mass is 1610 g/mol. The topological polar surface area (TPSA) is 547 Å². The van der Waals surface area contributed by atoms with Crippen LogP contribution in [0.1, 0.15) is 358 Å². The Labute approximate surface area is 676 Å². The molecule has 0 rings (SSSR count). The molecule has 0 aromatic carbocycles. The number of carboxylic acid groups (broad SMARTS) is 5. The zero-order valence-electron chi connectivity index (χ0n) is 68.7. The molecule has 656 valence electrons. The highest BCUT2D eigenvalue weighted by atomic mass is 16.4. The van der Waals surface area contributed by atoms with Crippen LogP contribution in [0.5, 0.6) is 0 Å². The van der Waals surface area contributed by atoms with Crippen LogP contribution in [0.3, 0.4) is 0 Å². The summed E-state index contributed by atoms with van der Waals surface area (Å²) in [5.41, 5.74) is 29.4. The fourth-order valence-corrected chi connectivity index (χ4v) is 13.3. The molecule has 0 saturated carbocycles. The number of carbonyl (C=O) groups excluding carboxylic acids is 10. The van der Waals surface area contributed by atoms with E-state index in [2.05, 4.69) is 26.6 Å². The highest BCUT2D eigenvalue weighted by Crippen LogP contribution is 2.25. The van der Waals surface area contributed by atoms with E-state index >= 15 is 0 Å². The molecule has 0 bridgehead atoms. The summed E-state index contributed by atoms with van der Waals surface area (Å²) >= 11 is 0. The lowest BCUT2D eigenvalue weighted by molar-refractivity contribution is -0.145. The van der Waals surface area contributed by atoms with Gasteiger partial charge in [-0.3, -0.25) is 67.1 Å². The quantitative estimate of drug-likeness (QED) is 0.0252. The maximum absolute atomic E-state index is 13.7. The first-order chi connectivity index (χ1) is 53.7. The van der Waals surface area contributed by atoms with E-state index in [9.17, 15) is 87.2 Å². The smallest absolute Gasteiger partial charge is 0.326 e. The second-order valence-corrected chi connectivity index (χ2v) is 31.8. The minimum atomic E-state index is -1.23. The Morgan fingerprint density at radius 1 is 0.292 bits per heavy atom. The predicted octanol–water partition coefficient (Wildman–Crippen LogP) is 10.5. The summed E-state index contributed by atoms with van der Waals surface area (Å²) in [6.07, 6.45) is 29.4. The van der Waals surface area contributed by atoms with Gasteiger partial charge in [0.1, 0.15) is 29.2 Å². The van der Waals surface area contributed by atoms with Gasteiger partial charge in [-0.15, -0.1) is 0 Å². The molecule has 0 aliphatic carbocycles. The molecule has 0 aliphatic heterocycles. The van der Waals surface area contributed by atoms with Crippen LogP contribution in [0.25, 0.3) is 0 Å². The maximum Gasteiger partial charge on any atom is 0.326 e.